The minimum Gasteiger partial charge on any atom is -0.467 e. The van der Waals surface area contributed by atoms with Gasteiger partial charge in [-0.2, -0.15) is 0 Å². The SMILES string of the molecule is CC(C)NC(=O)c1ccc(NC(=O)c2coc(CN)c2)cc1.Cl. The number of carbonyl (C=O) groups is 2. The predicted molar refractivity (Wildman–Crippen MR) is 90.8 cm³/mol. The van der Waals surface area contributed by atoms with Gasteiger partial charge in [-0.05, 0) is 44.2 Å². The number of halogens is 1. The van der Waals surface area contributed by atoms with E-state index in [1.54, 1.807) is 30.3 Å². The fourth-order valence-electron chi connectivity index (χ4n) is 1.86. The Bertz CT molecular complexity index is 665. The highest BCUT2D eigenvalue weighted by Gasteiger charge is 2.11. The first kappa shape index (κ1) is 18.7. The Labute approximate surface area is 140 Å². The van der Waals surface area contributed by atoms with Crippen molar-refractivity contribution in [2.24, 2.45) is 5.73 Å². The minimum absolute atomic E-state index is 0. The van der Waals surface area contributed by atoms with E-state index in [-0.39, 0.29) is 36.8 Å². The highest BCUT2D eigenvalue weighted by molar-refractivity contribution is 6.04. The largest absolute Gasteiger partial charge is 0.467 e. The highest BCUT2D eigenvalue weighted by Crippen LogP contribution is 2.13. The maximum absolute atomic E-state index is 12.0. The van der Waals surface area contributed by atoms with Crippen LogP contribution in [-0.4, -0.2) is 17.9 Å². The Morgan fingerprint density at radius 3 is 2.30 bits per heavy atom. The quantitative estimate of drug-likeness (QED) is 0.781. The van der Waals surface area contributed by atoms with Gasteiger partial charge in [0.1, 0.15) is 12.0 Å². The lowest BCUT2D eigenvalue weighted by molar-refractivity contribution is 0.0942. The van der Waals surface area contributed by atoms with E-state index in [9.17, 15) is 9.59 Å². The average Bonchev–Trinajstić information content (AvgIpc) is 2.96. The van der Waals surface area contributed by atoms with Gasteiger partial charge in [-0.15, -0.1) is 12.4 Å². The molecule has 1 heterocycles. The first-order valence-corrected chi connectivity index (χ1v) is 6.99. The first-order chi connectivity index (χ1) is 10.5. The molecule has 2 rings (SSSR count). The van der Waals surface area contributed by atoms with Crippen LogP contribution < -0.4 is 16.4 Å². The van der Waals surface area contributed by atoms with Gasteiger partial charge in [0, 0.05) is 17.3 Å². The van der Waals surface area contributed by atoms with Crippen LogP contribution in [0.1, 0.15) is 40.3 Å². The van der Waals surface area contributed by atoms with Crippen LogP contribution in [0.4, 0.5) is 5.69 Å². The van der Waals surface area contributed by atoms with Crippen molar-refractivity contribution in [3.8, 4) is 0 Å². The molecular formula is C16H20ClN3O3. The van der Waals surface area contributed by atoms with Crippen molar-refractivity contribution in [2.75, 3.05) is 5.32 Å². The molecule has 0 radical (unpaired) electrons. The van der Waals surface area contributed by atoms with E-state index in [0.29, 0.717) is 22.6 Å². The second kappa shape index (κ2) is 8.36. The third-order valence-electron chi connectivity index (χ3n) is 2.94. The molecule has 1 aromatic carbocycles. The molecule has 124 valence electrons. The average molecular weight is 338 g/mol. The molecule has 0 aliphatic rings. The lowest BCUT2D eigenvalue weighted by atomic mass is 10.1. The number of furan rings is 1. The predicted octanol–water partition coefficient (Wildman–Crippen LogP) is 2.55. The van der Waals surface area contributed by atoms with Crippen molar-refractivity contribution in [1.82, 2.24) is 5.32 Å². The topological polar surface area (TPSA) is 97.4 Å². The van der Waals surface area contributed by atoms with Crippen LogP contribution in [0.25, 0.3) is 0 Å². The van der Waals surface area contributed by atoms with Crippen LogP contribution in [-0.2, 0) is 6.54 Å². The lowest BCUT2D eigenvalue weighted by Crippen LogP contribution is -2.30. The van der Waals surface area contributed by atoms with Crippen molar-refractivity contribution in [1.29, 1.82) is 0 Å². The summed E-state index contributed by atoms with van der Waals surface area (Å²) in [6.07, 6.45) is 1.36. The summed E-state index contributed by atoms with van der Waals surface area (Å²) in [5, 5.41) is 5.53. The Morgan fingerprint density at radius 2 is 1.78 bits per heavy atom. The molecule has 0 saturated heterocycles. The zero-order valence-corrected chi connectivity index (χ0v) is 13.8. The summed E-state index contributed by atoms with van der Waals surface area (Å²) in [6, 6.07) is 8.35. The van der Waals surface area contributed by atoms with E-state index in [1.807, 2.05) is 13.8 Å². The molecule has 1 aromatic heterocycles. The zero-order chi connectivity index (χ0) is 16.1. The number of hydrogen-bond donors (Lipinski definition) is 3. The number of benzene rings is 1. The van der Waals surface area contributed by atoms with Gasteiger partial charge in [0.25, 0.3) is 11.8 Å². The van der Waals surface area contributed by atoms with E-state index < -0.39 is 0 Å². The van der Waals surface area contributed by atoms with Crippen molar-refractivity contribution < 1.29 is 14.0 Å². The number of rotatable bonds is 5. The Hall–Kier alpha value is -2.31. The maximum atomic E-state index is 12.0. The number of hydrogen-bond acceptors (Lipinski definition) is 4. The molecule has 0 aliphatic heterocycles. The molecule has 0 spiro atoms. The van der Waals surface area contributed by atoms with Crippen LogP contribution in [0.3, 0.4) is 0 Å². The normalized spacial score (nSPS) is 10.1. The molecule has 4 N–H and O–H groups in total. The number of anilines is 1. The van der Waals surface area contributed by atoms with Crippen molar-refractivity contribution >= 4 is 29.9 Å². The molecule has 0 atom stereocenters. The molecule has 0 saturated carbocycles. The Morgan fingerprint density at radius 1 is 1.13 bits per heavy atom. The summed E-state index contributed by atoms with van der Waals surface area (Å²) >= 11 is 0. The molecule has 7 heteroatoms. The molecule has 23 heavy (non-hydrogen) atoms. The fraction of sp³-hybridized carbons (Fsp3) is 0.250. The molecule has 6 nitrogen and oxygen atoms in total. The van der Waals surface area contributed by atoms with E-state index in [4.69, 9.17) is 10.2 Å². The number of carbonyl (C=O) groups excluding carboxylic acids is 2. The van der Waals surface area contributed by atoms with Crippen molar-refractivity contribution in [3.05, 3.63) is 53.5 Å². The number of amides is 2. The van der Waals surface area contributed by atoms with Gasteiger partial charge in [0.2, 0.25) is 0 Å². The third kappa shape index (κ3) is 5.12. The molecule has 0 unspecified atom stereocenters. The summed E-state index contributed by atoms with van der Waals surface area (Å²) < 4.78 is 5.12. The second-order valence-electron chi connectivity index (χ2n) is 5.17. The van der Waals surface area contributed by atoms with E-state index in [0.717, 1.165) is 0 Å². The van der Waals surface area contributed by atoms with Gasteiger partial charge in [-0.1, -0.05) is 0 Å². The molecule has 0 aliphatic carbocycles. The molecule has 0 bridgehead atoms. The summed E-state index contributed by atoms with van der Waals surface area (Å²) in [4.78, 5) is 23.8. The molecular weight excluding hydrogens is 318 g/mol. The van der Waals surface area contributed by atoms with Crippen molar-refractivity contribution in [3.63, 3.8) is 0 Å². The second-order valence-corrected chi connectivity index (χ2v) is 5.17. The van der Waals surface area contributed by atoms with Gasteiger partial charge in [-0.25, -0.2) is 0 Å². The van der Waals surface area contributed by atoms with Crippen LogP contribution in [0.5, 0.6) is 0 Å². The standard InChI is InChI=1S/C16H19N3O3.ClH/c1-10(2)18-15(20)11-3-5-13(6-4-11)19-16(21)12-7-14(8-17)22-9-12;/h3-7,9-10H,8,17H2,1-2H3,(H,18,20)(H,19,21);1H. The van der Waals surface area contributed by atoms with Crippen LogP contribution >= 0.6 is 12.4 Å². The van der Waals surface area contributed by atoms with E-state index in [1.165, 1.54) is 6.26 Å². The smallest absolute Gasteiger partial charge is 0.258 e. The van der Waals surface area contributed by atoms with Gasteiger partial charge < -0.3 is 20.8 Å². The molecule has 2 amide bonds. The monoisotopic (exact) mass is 337 g/mol. The third-order valence-corrected chi connectivity index (χ3v) is 2.94. The van der Waals surface area contributed by atoms with Crippen molar-refractivity contribution in [2.45, 2.75) is 26.4 Å². The summed E-state index contributed by atoms with van der Waals surface area (Å²) in [5.74, 6) is 0.115. The van der Waals surface area contributed by atoms with E-state index >= 15 is 0 Å². The Balaban J connectivity index is 0.00000264. The van der Waals surface area contributed by atoms with E-state index in [2.05, 4.69) is 10.6 Å². The van der Waals surface area contributed by atoms with Gasteiger partial charge >= 0.3 is 0 Å². The van der Waals surface area contributed by atoms with Gasteiger partial charge in [0.05, 0.1) is 12.1 Å². The fourth-order valence-corrected chi connectivity index (χ4v) is 1.86. The highest BCUT2D eigenvalue weighted by atomic mass is 35.5. The summed E-state index contributed by atoms with van der Waals surface area (Å²) in [6.45, 7) is 4.03. The lowest BCUT2D eigenvalue weighted by Gasteiger charge is -2.09. The molecule has 2 aromatic rings. The summed E-state index contributed by atoms with van der Waals surface area (Å²) in [5.41, 5.74) is 6.98. The summed E-state index contributed by atoms with van der Waals surface area (Å²) in [7, 11) is 0. The maximum Gasteiger partial charge on any atom is 0.258 e. The van der Waals surface area contributed by atoms with Gasteiger partial charge in [-0.3, -0.25) is 9.59 Å². The first-order valence-electron chi connectivity index (χ1n) is 6.99. The van der Waals surface area contributed by atoms with Crippen LogP contribution in [0, 0.1) is 0 Å². The molecule has 0 fully saturated rings. The van der Waals surface area contributed by atoms with Gasteiger partial charge in [0.15, 0.2) is 0 Å². The van der Waals surface area contributed by atoms with Crippen LogP contribution in [0.15, 0.2) is 41.0 Å². The zero-order valence-electron chi connectivity index (χ0n) is 13.0. The minimum atomic E-state index is -0.289. The number of nitrogens with two attached hydrogens (primary N) is 1. The van der Waals surface area contributed by atoms with Crippen LogP contribution in [0.2, 0.25) is 0 Å². The Kier molecular flexibility index (Phi) is 6.81. The number of nitrogens with one attached hydrogen (secondary N) is 2.